The molecular weight excluding hydrogens is 195 g/mol. The molecule has 0 aliphatic carbocycles. The molecule has 0 spiro atoms. The van der Waals surface area contributed by atoms with Crippen molar-refractivity contribution in [3.05, 3.63) is 37.4 Å². The molecule has 0 N–H and O–H groups in total. The zero-order valence-corrected chi connectivity index (χ0v) is 7.78. The summed E-state index contributed by atoms with van der Waals surface area (Å²) in [5.74, 6) is 1.10. The van der Waals surface area contributed by atoms with Crippen LogP contribution in [0, 0.1) is 0 Å². The van der Waals surface area contributed by atoms with Crippen LogP contribution in [0.2, 0.25) is 0 Å². The van der Waals surface area contributed by atoms with Crippen LogP contribution in [0.1, 0.15) is 0 Å². The van der Waals surface area contributed by atoms with Gasteiger partial charge in [0.2, 0.25) is 0 Å². The third-order valence-electron chi connectivity index (χ3n) is 1.52. The first kappa shape index (κ1) is 9.38. The molecule has 2 aromatic rings. The highest BCUT2D eigenvalue weighted by molar-refractivity contribution is 6.20. The van der Waals surface area contributed by atoms with Crippen LogP contribution in [0.5, 0.6) is 11.5 Å². The highest BCUT2D eigenvalue weighted by Gasteiger charge is 1.99. The van der Waals surface area contributed by atoms with Gasteiger partial charge in [-0.3, -0.25) is 0 Å². The minimum absolute atomic E-state index is 0.0702. The van der Waals surface area contributed by atoms with Gasteiger partial charge in [-0.05, 0) is 0 Å². The standard InChI is InChI=1S/C8H7BN4O2/c1-7(2-11-5-10-1)14-9-15-8-3-12-6-13-4-8/h1-6,9H. The molecule has 0 saturated carbocycles. The van der Waals surface area contributed by atoms with Crippen molar-refractivity contribution < 1.29 is 9.31 Å². The third kappa shape index (κ3) is 2.90. The largest absolute Gasteiger partial charge is 0.576 e. The van der Waals surface area contributed by atoms with Gasteiger partial charge in [0.05, 0.1) is 24.8 Å². The Kier molecular flexibility index (Phi) is 3.06. The fourth-order valence-electron chi connectivity index (χ4n) is 0.885. The minimum atomic E-state index is 0.0702. The summed E-state index contributed by atoms with van der Waals surface area (Å²) in [6.45, 7) is 0. The van der Waals surface area contributed by atoms with E-state index in [2.05, 4.69) is 19.9 Å². The topological polar surface area (TPSA) is 70.0 Å². The maximum Gasteiger partial charge on any atom is 0.576 e. The Balaban J connectivity index is 1.81. The van der Waals surface area contributed by atoms with Gasteiger partial charge in [-0.1, -0.05) is 0 Å². The van der Waals surface area contributed by atoms with Gasteiger partial charge in [0.25, 0.3) is 0 Å². The van der Waals surface area contributed by atoms with E-state index in [1.807, 2.05) is 0 Å². The van der Waals surface area contributed by atoms with E-state index in [9.17, 15) is 0 Å². The van der Waals surface area contributed by atoms with Crippen LogP contribution < -0.4 is 9.31 Å². The van der Waals surface area contributed by atoms with E-state index >= 15 is 0 Å². The van der Waals surface area contributed by atoms with E-state index in [4.69, 9.17) is 9.31 Å². The molecule has 0 aliphatic rings. The Bertz CT molecular complexity index is 360. The molecule has 2 rings (SSSR count). The second-order valence-electron chi connectivity index (χ2n) is 2.55. The predicted octanol–water partition coefficient (Wildman–Crippen LogP) is -0.00910. The fraction of sp³-hybridized carbons (Fsp3) is 0. The highest BCUT2D eigenvalue weighted by atomic mass is 16.6. The average Bonchev–Trinajstić information content (AvgIpc) is 2.32. The predicted molar refractivity (Wildman–Crippen MR) is 52.5 cm³/mol. The molecule has 74 valence electrons. The van der Waals surface area contributed by atoms with E-state index in [1.54, 1.807) is 24.8 Å². The molecule has 0 aromatic carbocycles. The Hall–Kier alpha value is -2.18. The lowest BCUT2D eigenvalue weighted by Gasteiger charge is -2.04. The van der Waals surface area contributed by atoms with Crippen molar-refractivity contribution in [2.75, 3.05) is 0 Å². The first-order chi connectivity index (χ1) is 7.45. The van der Waals surface area contributed by atoms with Crippen molar-refractivity contribution in [1.82, 2.24) is 19.9 Å². The number of hydrogen-bond donors (Lipinski definition) is 0. The van der Waals surface area contributed by atoms with Crippen LogP contribution >= 0.6 is 0 Å². The van der Waals surface area contributed by atoms with E-state index in [0.717, 1.165) is 0 Å². The molecule has 6 nitrogen and oxygen atoms in total. The van der Waals surface area contributed by atoms with Gasteiger partial charge in [0, 0.05) is 0 Å². The summed E-state index contributed by atoms with van der Waals surface area (Å²) in [6, 6.07) is 0. The normalized spacial score (nSPS) is 9.33. The number of nitrogens with zero attached hydrogens (tertiary/aromatic N) is 4. The molecule has 0 amide bonds. The maximum absolute atomic E-state index is 5.21. The minimum Gasteiger partial charge on any atom is -0.526 e. The molecule has 0 unspecified atom stereocenters. The van der Waals surface area contributed by atoms with Crippen LogP contribution in [0.3, 0.4) is 0 Å². The summed E-state index contributed by atoms with van der Waals surface area (Å²) in [7, 11) is 0.0702. The lowest BCUT2D eigenvalue weighted by molar-refractivity contribution is 0.454. The maximum atomic E-state index is 5.21. The van der Waals surface area contributed by atoms with Crippen molar-refractivity contribution in [3.63, 3.8) is 0 Å². The monoisotopic (exact) mass is 202 g/mol. The van der Waals surface area contributed by atoms with Crippen LogP contribution in [-0.4, -0.2) is 27.6 Å². The van der Waals surface area contributed by atoms with E-state index in [1.165, 1.54) is 12.7 Å². The Morgan fingerprint density at radius 3 is 1.53 bits per heavy atom. The van der Waals surface area contributed by atoms with E-state index in [-0.39, 0.29) is 7.69 Å². The summed E-state index contributed by atoms with van der Waals surface area (Å²) in [6.07, 6.45) is 9.07. The fourth-order valence-corrected chi connectivity index (χ4v) is 0.885. The van der Waals surface area contributed by atoms with Crippen LogP contribution in [0.15, 0.2) is 37.4 Å². The number of aromatic nitrogens is 4. The Labute approximate surface area is 86.7 Å². The van der Waals surface area contributed by atoms with Gasteiger partial charge in [0.15, 0.2) is 0 Å². The number of hydrogen-bond acceptors (Lipinski definition) is 6. The first-order valence-electron chi connectivity index (χ1n) is 4.21. The zero-order chi connectivity index (χ0) is 10.3. The van der Waals surface area contributed by atoms with Gasteiger partial charge >= 0.3 is 7.69 Å². The van der Waals surface area contributed by atoms with Crippen LogP contribution in [0.25, 0.3) is 0 Å². The SMILES string of the molecule is B(Oc1cncnc1)Oc1cncnc1. The first-order valence-corrected chi connectivity index (χ1v) is 4.21. The van der Waals surface area contributed by atoms with Gasteiger partial charge in [-0.2, -0.15) is 0 Å². The van der Waals surface area contributed by atoms with Crippen molar-refractivity contribution in [1.29, 1.82) is 0 Å². The molecule has 0 radical (unpaired) electrons. The average molecular weight is 202 g/mol. The molecule has 0 fully saturated rings. The van der Waals surface area contributed by atoms with Crippen molar-refractivity contribution in [3.8, 4) is 11.5 Å². The molecule has 15 heavy (non-hydrogen) atoms. The van der Waals surface area contributed by atoms with Gasteiger partial charge in [0.1, 0.15) is 24.2 Å². The third-order valence-corrected chi connectivity index (χ3v) is 1.52. The van der Waals surface area contributed by atoms with Crippen LogP contribution in [-0.2, 0) is 0 Å². The lowest BCUT2D eigenvalue weighted by atomic mass is 10.3. The van der Waals surface area contributed by atoms with Crippen molar-refractivity contribution in [2.45, 2.75) is 0 Å². The molecule has 2 heterocycles. The van der Waals surface area contributed by atoms with Crippen LogP contribution in [0.4, 0.5) is 0 Å². The van der Waals surface area contributed by atoms with Gasteiger partial charge in [-0.15, -0.1) is 0 Å². The second-order valence-corrected chi connectivity index (χ2v) is 2.55. The molecule has 2 aromatic heterocycles. The van der Waals surface area contributed by atoms with Crippen molar-refractivity contribution in [2.24, 2.45) is 0 Å². The molecule has 0 atom stereocenters. The molecule has 0 saturated heterocycles. The quantitative estimate of drug-likeness (QED) is 0.649. The highest BCUT2D eigenvalue weighted by Crippen LogP contribution is 2.06. The molecular formula is C8H7BN4O2. The lowest BCUT2D eigenvalue weighted by Crippen LogP contribution is -2.11. The Morgan fingerprint density at radius 2 is 1.13 bits per heavy atom. The van der Waals surface area contributed by atoms with E-state index in [0.29, 0.717) is 11.5 Å². The smallest absolute Gasteiger partial charge is 0.526 e. The Morgan fingerprint density at radius 1 is 0.733 bits per heavy atom. The van der Waals surface area contributed by atoms with Crippen molar-refractivity contribution >= 4 is 7.69 Å². The second kappa shape index (κ2) is 4.89. The molecule has 7 heteroatoms. The summed E-state index contributed by atoms with van der Waals surface area (Å²) in [5, 5.41) is 0. The van der Waals surface area contributed by atoms with Gasteiger partial charge < -0.3 is 9.31 Å². The summed E-state index contributed by atoms with van der Waals surface area (Å²) in [5.41, 5.74) is 0. The van der Waals surface area contributed by atoms with Gasteiger partial charge in [-0.25, -0.2) is 19.9 Å². The summed E-state index contributed by atoms with van der Waals surface area (Å²) < 4.78 is 10.4. The summed E-state index contributed by atoms with van der Waals surface area (Å²) in [4.78, 5) is 15.2. The zero-order valence-electron chi connectivity index (χ0n) is 7.78. The number of rotatable bonds is 4. The molecule has 0 aliphatic heterocycles. The summed E-state index contributed by atoms with van der Waals surface area (Å²) >= 11 is 0. The molecule has 0 bridgehead atoms. The van der Waals surface area contributed by atoms with E-state index < -0.39 is 0 Å².